The predicted molar refractivity (Wildman–Crippen MR) is 162 cm³/mol. The molecule has 9 nitrogen and oxygen atoms in total. The third-order valence-corrected chi connectivity index (χ3v) is 8.64. The second kappa shape index (κ2) is 11.0. The van der Waals surface area contributed by atoms with Crippen molar-refractivity contribution in [2.24, 2.45) is 13.0 Å². The maximum atomic E-state index is 14.3. The van der Waals surface area contributed by atoms with Crippen LogP contribution < -0.4 is 5.56 Å². The first-order valence-corrected chi connectivity index (χ1v) is 14.9. The van der Waals surface area contributed by atoms with Crippen molar-refractivity contribution in [1.82, 2.24) is 33.8 Å². The number of nitrogens with zero attached hydrogens (tertiary/aromatic N) is 7. The number of benzene rings is 2. The van der Waals surface area contributed by atoms with Gasteiger partial charge < -0.3 is 9.47 Å². The van der Waals surface area contributed by atoms with Crippen molar-refractivity contribution in [3.05, 3.63) is 97.8 Å². The van der Waals surface area contributed by atoms with E-state index in [1.54, 1.807) is 28.5 Å². The van der Waals surface area contributed by atoms with Crippen LogP contribution in [0.25, 0.3) is 22.7 Å². The molecule has 0 saturated carbocycles. The molecule has 1 aliphatic rings. The second-order valence-electron chi connectivity index (χ2n) is 11.6. The van der Waals surface area contributed by atoms with Crippen LogP contribution in [0.3, 0.4) is 0 Å². The fraction of sp³-hybridized carbons (Fsp3) is 0.323. The Hall–Kier alpha value is -4.26. The Morgan fingerprint density at radius 3 is 2.50 bits per heavy atom. The second-order valence-corrected chi connectivity index (χ2v) is 12.4. The van der Waals surface area contributed by atoms with E-state index in [2.05, 4.69) is 45.1 Å². The zero-order valence-electron chi connectivity index (χ0n) is 24.4. The van der Waals surface area contributed by atoms with Gasteiger partial charge in [0.25, 0.3) is 11.5 Å². The lowest BCUT2D eigenvalue weighted by Gasteiger charge is -2.35. The quantitative estimate of drug-likeness (QED) is 0.235. The summed E-state index contributed by atoms with van der Waals surface area (Å²) in [6, 6.07) is 10.5. The Morgan fingerprint density at radius 1 is 1.14 bits per heavy atom. The monoisotopic (exact) mass is 667 g/mol. The highest BCUT2D eigenvalue weighted by Gasteiger charge is 2.36. The summed E-state index contributed by atoms with van der Waals surface area (Å²) in [5.74, 6) is 0.419. The van der Waals surface area contributed by atoms with E-state index >= 15 is 0 Å². The van der Waals surface area contributed by atoms with Crippen molar-refractivity contribution in [2.75, 3.05) is 0 Å². The standard InChI is InChI=1S/C31H29BrF3N7O2/c1-17(2)11-21-14-37-42-26-15-40(29(43)20-7-10-25(32)24(13-20)31(33,34)35)18(3)12-23(26)30(44)41(28(21)42)22-8-5-19(6-9-22)27-38-36-16-39(27)4/h5-10,13-14,16-18H,11-12,15H2,1-4H3/t18-/m0/s1. The number of amides is 1. The molecule has 5 aromatic rings. The van der Waals surface area contributed by atoms with E-state index < -0.39 is 23.7 Å². The first kappa shape index (κ1) is 29.8. The first-order valence-electron chi connectivity index (χ1n) is 14.1. The van der Waals surface area contributed by atoms with Crippen LogP contribution in [0, 0.1) is 5.92 Å². The number of carbonyl (C=O) groups is 1. The molecule has 0 radical (unpaired) electrons. The minimum absolute atomic E-state index is 0.0211. The van der Waals surface area contributed by atoms with Crippen LogP contribution >= 0.6 is 15.9 Å². The Labute approximate surface area is 259 Å². The van der Waals surface area contributed by atoms with Gasteiger partial charge in [0, 0.05) is 39.8 Å². The highest BCUT2D eigenvalue weighted by molar-refractivity contribution is 9.10. The molecule has 0 fully saturated rings. The molecule has 0 saturated heterocycles. The number of hydrogen-bond acceptors (Lipinski definition) is 5. The summed E-state index contributed by atoms with van der Waals surface area (Å²) in [5.41, 5.74) is 2.81. The number of fused-ring (bicyclic) bond motifs is 3. The number of aryl methyl sites for hydroxylation is 1. The van der Waals surface area contributed by atoms with E-state index in [-0.39, 0.29) is 34.5 Å². The minimum Gasteiger partial charge on any atom is -0.330 e. The summed E-state index contributed by atoms with van der Waals surface area (Å²) < 4.78 is 45.8. The van der Waals surface area contributed by atoms with E-state index in [1.165, 1.54) is 17.0 Å². The van der Waals surface area contributed by atoms with Gasteiger partial charge in [-0.25, -0.2) is 4.52 Å². The molecule has 0 N–H and O–H groups in total. The molecule has 2 aromatic carbocycles. The number of hydrogen-bond donors (Lipinski definition) is 0. The average molecular weight is 669 g/mol. The smallest absolute Gasteiger partial charge is 0.330 e. The van der Waals surface area contributed by atoms with E-state index in [4.69, 9.17) is 0 Å². The minimum atomic E-state index is -4.62. The van der Waals surface area contributed by atoms with Crippen molar-refractivity contribution >= 4 is 27.5 Å². The molecule has 0 spiro atoms. The number of rotatable bonds is 5. The zero-order valence-corrected chi connectivity index (χ0v) is 26.0. The summed E-state index contributed by atoms with van der Waals surface area (Å²) in [4.78, 5) is 29.4. The van der Waals surface area contributed by atoms with Crippen LogP contribution in [-0.2, 0) is 32.6 Å². The molecule has 3 aromatic heterocycles. The molecule has 6 rings (SSSR count). The van der Waals surface area contributed by atoms with Crippen LogP contribution in [0.15, 0.2) is 64.3 Å². The lowest BCUT2D eigenvalue weighted by molar-refractivity contribution is -0.138. The lowest BCUT2D eigenvalue weighted by Crippen LogP contribution is -2.46. The molecule has 0 aliphatic carbocycles. The first-order chi connectivity index (χ1) is 20.8. The van der Waals surface area contributed by atoms with Gasteiger partial charge in [-0.3, -0.25) is 14.2 Å². The number of alkyl halides is 3. The van der Waals surface area contributed by atoms with Gasteiger partial charge in [0.15, 0.2) is 5.82 Å². The molecule has 44 heavy (non-hydrogen) atoms. The van der Waals surface area contributed by atoms with Gasteiger partial charge >= 0.3 is 6.18 Å². The van der Waals surface area contributed by atoms with Crippen molar-refractivity contribution in [2.45, 2.75) is 52.4 Å². The summed E-state index contributed by atoms with van der Waals surface area (Å²) in [7, 11) is 1.85. The summed E-state index contributed by atoms with van der Waals surface area (Å²) in [6.45, 7) is 5.97. The molecule has 1 aliphatic heterocycles. The third-order valence-electron chi connectivity index (χ3n) is 7.95. The molecular formula is C31H29BrF3N7O2. The van der Waals surface area contributed by atoms with Crippen molar-refractivity contribution in [1.29, 1.82) is 0 Å². The van der Waals surface area contributed by atoms with Crippen LogP contribution in [-0.4, -0.2) is 45.8 Å². The van der Waals surface area contributed by atoms with Crippen LogP contribution in [0.5, 0.6) is 0 Å². The zero-order chi connectivity index (χ0) is 31.5. The molecular weight excluding hydrogens is 639 g/mol. The van der Waals surface area contributed by atoms with Crippen molar-refractivity contribution < 1.29 is 18.0 Å². The average Bonchev–Trinajstić information content (AvgIpc) is 3.58. The Bertz CT molecular complexity index is 1960. The Morgan fingerprint density at radius 2 is 1.86 bits per heavy atom. The fourth-order valence-corrected chi connectivity index (χ4v) is 6.30. The predicted octanol–water partition coefficient (Wildman–Crippen LogP) is 5.85. The fourth-order valence-electron chi connectivity index (χ4n) is 5.83. The summed E-state index contributed by atoms with van der Waals surface area (Å²) in [6.07, 6.45) is -0.382. The van der Waals surface area contributed by atoms with Crippen LogP contribution in [0.1, 0.15) is 53.5 Å². The van der Waals surface area contributed by atoms with Gasteiger partial charge in [-0.05, 0) is 68.1 Å². The molecule has 0 unspecified atom stereocenters. The van der Waals surface area contributed by atoms with Gasteiger partial charge in [0.2, 0.25) is 0 Å². The van der Waals surface area contributed by atoms with Gasteiger partial charge in [0.05, 0.1) is 29.7 Å². The summed E-state index contributed by atoms with van der Waals surface area (Å²) in [5, 5.41) is 12.8. The number of halogens is 4. The summed E-state index contributed by atoms with van der Waals surface area (Å²) >= 11 is 2.94. The third kappa shape index (κ3) is 5.12. The SMILES string of the molecule is CC(C)Cc1cnn2c3c(c(=O)n(-c4ccc(-c5nncn5C)cc4)c12)C[C@H](C)N(C(=O)c1ccc(Br)c(C(F)(F)F)c1)C3. The molecule has 0 bridgehead atoms. The van der Waals surface area contributed by atoms with Crippen molar-refractivity contribution in [3.63, 3.8) is 0 Å². The van der Waals surface area contributed by atoms with E-state index in [1.807, 2.05) is 35.9 Å². The molecule has 13 heteroatoms. The maximum absolute atomic E-state index is 14.3. The largest absolute Gasteiger partial charge is 0.417 e. The molecule has 228 valence electrons. The highest BCUT2D eigenvalue weighted by Crippen LogP contribution is 2.36. The van der Waals surface area contributed by atoms with Gasteiger partial charge in [-0.2, -0.15) is 18.3 Å². The van der Waals surface area contributed by atoms with E-state index in [9.17, 15) is 22.8 Å². The number of carbonyl (C=O) groups excluding carboxylic acids is 1. The molecule has 1 amide bonds. The lowest BCUT2D eigenvalue weighted by atomic mass is 9.97. The van der Waals surface area contributed by atoms with Crippen molar-refractivity contribution in [3.8, 4) is 17.1 Å². The van der Waals surface area contributed by atoms with Gasteiger partial charge in [-0.15, -0.1) is 10.2 Å². The Kier molecular flexibility index (Phi) is 7.47. The van der Waals surface area contributed by atoms with Gasteiger partial charge in [-0.1, -0.05) is 29.8 Å². The van der Waals surface area contributed by atoms with Crippen LogP contribution in [0.2, 0.25) is 0 Å². The number of aromatic nitrogens is 6. The topological polar surface area (TPSA) is 90.3 Å². The van der Waals surface area contributed by atoms with E-state index in [0.717, 1.165) is 17.2 Å². The molecule has 4 heterocycles. The normalized spacial score (nSPS) is 15.3. The van der Waals surface area contributed by atoms with Gasteiger partial charge in [0.1, 0.15) is 12.0 Å². The van der Waals surface area contributed by atoms with E-state index in [0.29, 0.717) is 34.8 Å². The molecule has 1 atom stereocenters. The van der Waals surface area contributed by atoms with Crippen LogP contribution in [0.4, 0.5) is 13.2 Å². The Balaban J connectivity index is 1.46. The maximum Gasteiger partial charge on any atom is 0.417 e. The highest BCUT2D eigenvalue weighted by atomic mass is 79.9.